The zero-order valence-corrected chi connectivity index (χ0v) is 22.3. The Kier molecular flexibility index (Phi) is 10.1. The van der Waals surface area contributed by atoms with E-state index in [0.29, 0.717) is 12.4 Å². The maximum atomic E-state index is 13.5. The summed E-state index contributed by atoms with van der Waals surface area (Å²) in [5.41, 5.74) is 4.49. The third-order valence-electron chi connectivity index (χ3n) is 5.56. The Bertz CT molecular complexity index is 1100. The summed E-state index contributed by atoms with van der Waals surface area (Å²) < 4.78 is 25.5. The van der Waals surface area contributed by atoms with E-state index in [0.717, 1.165) is 84.5 Å². The zero-order chi connectivity index (χ0) is 23.7. The van der Waals surface area contributed by atoms with Gasteiger partial charge in [-0.2, -0.15) is 0 Å². The molecule has 0 saturated heterocycles. The van der Waals surface area contributed by atoms with Gasteiger partial charge in [-0.15, -0.1) is 0 Å². The van der Waals surface area contributed by atoms with Crippen molar-refractivity contribution in [1.29, 1.82) is 0 Å². The van der Waals surface area contributed by atoms with Gasteiger partial charge in [0.25, 0.3) is 0 Å². The van der Waals surface area contributed by atoms with Gasteiger partial charge >= 0.3 is 6.80 Å². The quantitative estimate of drug-likeness (QED) is 0.129. The van der Waals surface area contributed by atoms with Crippen LogP contribution in [-0.4, -0.2) is 17.3 Å². The van der Waals surface area contributed by atoms with Crippen LogP contribution in [0.1, 0.15) is 77.3 Å². The molecule has 1 unspecified atom stereocenters. The summed E-state index contributed by atoms with van der Waals surface area (Å²) in [4.78, 5) is 5.04. The number of hydrogen-bond acceptors (Lipinski definition) is 5. The molecule has 0 spiro atoms. The molecule has 4 nitrogen and oxygen atoms in total. The fourth-order valence-corrected chi connectivity index (χ4v) is 7.32. The molecule has 0 aliphatic rings. The van der Waals surface area contributed by atoms with Crippen molar-refractivity contribution in [1.82, 2.24) is 4.98 Å². The largest absolute Gasteiger partial charge is 0.440 e. The van der Waals surface area contributed by atoms with Crippen molar-refractivity contribution in [3.05, 3.63) is 47.5 Å². The van der Waals surface area contributed by atoms with Crippen LogP contribution in [0.15, 0.2) is 36.4 Å². The van der Waals surface area contributed by atoms with E-state index in [1.807, 2.05) is 12.1 Å². The molecule has 1 heterocycles. The molecule has 1 atom stereocenters. The highest BCUT2D eigenvalue weighted by Crippen LogP contribution is 2.60. The molecule has 0 aliphatic heterocycles. The minimum atomic E-state index is -3.28. The topological polar surface area (TPSA) is 48.4 Å². The van der Waals surface area contributed by atoms with Gasteiger partial charge in [0.1, 0.15) is 5.75 Å². The number of fused-ring (bicyclic) bond motifs is 2. The number of hydrogen-bond donors (Lipinski definition) is 0. The first-order chi connectivity index (χ1) is 16.0. The lowest BCUT2D eigenvalue weighted by atomic mass is 10.0. The Balaban J connectivity index is 1.98. The maximum absolute atomic E-state index is 13.5. The van der Waals surface area contributed by atoms with E-state index in [9.17, 15) is 4.57 Å². The number of rotatable bonds is 14. The number of unbranched alkanes of at least 4 members (excludes halogenated alkanes) is 2. The van der Waals surface area contributed by atoms with E-state index >= 15 is 0 Å². The average Bonchev–Trinajstić information content (AvgIpc) is 2.80. The van der Waals surface area contributed by atoms with Crippen LogP contribution >= 0.6 is 18.2 Å². The Morgan fingerprint density at radius 2 is 1.70 bits per heavy atom. The second-order valence-corrected chi connectivity index (χ2v) is 12.7. The van der Waals surface area contributed by atoms with Crippen LogP contribution in [-0.2, 0) is 21.9 Å². The van der Waals surface area contributed by atoms with Gasteiger partial charge in [-0.1, -0.05) is 65.5 Å². The van der Waals surface area contributed by atoms with Gasteiger partial charge in [0, 0.05) is 16.5 Å². The van der Waals surface area contributed by atoms with Gasteiger partial charge in [-0.3, -0.25) is 4.52 Å². The zero-order valence-electron chi connectivity index (χ0n) is 20.6. The van der Waals surface area contributed by atoms with Gasteiger partial charge < -0.3 is 4.52 Å². The van der Waals surface area contributed by atoms with Crippen LogP contribution in [0.2, 0.25) is 0 Å². The summed E-state index contributed by atoms with van der Waals surface area (Å²) in [6, 6.07) is 12.7. The second kappa shape index (κ2) is 12.8. The van der Waals surface area contributed by atoms with Gasteiger partial charge in [0.05, 0.1) is 17.6 Å². The second-order valence-electron chi connectivity index (χ2n) is 8.58. The Labute approximate surface area is 203 Å². The van der Waals surface area contributed by atoms with Crippen molar-refractivity contribution >= 4 is 40.0 Å². The summed E-state index contributed by atoms with van der Waals surface area (Å²) in [6.07, 6.45) is 8.06. The molecule has 0 bridgehead atoms. The number of nitrogens with zero attached hydrogens (tertiary/aromatic N) is 1. The lowest BCUT2D eigenvalue weighted by Crippen LogP contribution is -2.00. The molecule has 1 aromatic heterocycles. The highest BCUT2D eigenvalue weighted by atomic mass is 32.7. The average molecular weight is 488 g/mol. The smallest absolute Gasteiger partial charge is 0.417 e. The van der Waals surface area contributed by atoms with Crippen molar-refractivity contribution in [3.63, 3.8) is 0 Å². The van der Waals surface area contributed by atoms with Gasteiger partial charge in [-0.05, 0) is 72.5 Å². The molecule has 33 heavy (non-hydrogen) atoms. The van der Waals surface area contributed by atoms with Gasteiger partial charge in [-0.25, -0.2) is 9.55 Å². The molecule has 0 aliphatic carbocycles. The van der Waals surface area contributed by atoms with Crippen LogP contribution < -0.4 is 4.52 Å². The monoisotopic (exact) mass is 487 g/mol. The van der Waals surface area contributed by atoms with E-state index in [1.54, 1.807) is 0 Å². The predicted octanol–water partition coefficient (Wildman–Crippen LogP) is 9.13. The summed E-state index contributed by atoms with van der Waals surface area (Å²) in [5, 5.41) is 2.13. The third-order valence-corrected chi connectivity index (χ3v) is 9.43. The fraction of sp³-hybridized carbons (Fsp3) is 0.519. The number of pyridine rings is 1. The standard InChI is InChI=1S/C27H38NO3PS/c1-5-9-10-15-30-32(29,33-16-8-4)31-25-19-23(12-7-3)27-24(20-25)18-22-14-13-21(11-6-2)17-26(22)28-27/h13-14,17-20H,5-12,15-16H2,1-4H3. The van der Waals surface area contributed by atoms with E-state index < -0.39 is 6.80 Å². The first-order valence-electron chi connectivity index (χ1n) is 12.5. The number of aromatic nitrogens is 1. The molecule has 180 valence electrons. The van der Waals surface area contributed by atoms with Crippen LogP contribution in [0, 0.1) is 0 Å². The van der Waals surface area contributed by atoms with Crippen LogP contribution in [0.3, 0.4) is 0 Å². The first kappa shape index (κ1) is 26.1. The van der Waals surface area contributed by atoms with Crippen LogP contribution in [0.25, 0.3) is 21.8 Å². The minimum Gasteiger partial charge on any atom is -0.417 e. The van der Waals surface area contributed by atoms with E-state index in [-0.39, 0.29) is 0 Å². The van der Waals surface area contributed by atoms with Crippen molar-refractivity contribution in [2.45, 2.75) is 79.1 Å². The predicted molar refractivity (Wildman–Crippen MR) is 144 cm³/mol. The first-order valence-corrected chi connectivity index (χ1v) is 15.6. The molecule has 0 fully saturated rings. The summed E-state index contributed by atoms with van der Waals surface area (Å²) >= 11 is 1.31. The van der Waals surface area contributed by atoms with Crippen LogP contribution in [0.5, 0.6) is 5.75 Å². The van der Waals surface area contributed by atoms with Crippen LogP contribution in [0.4, 0.5) is 0 Å². The number of aryl methyl sites for hydroxylation is 2. The molecule has 6 heteroatoms. The van der Waals surface area contributed by atoms with E-state index in [4.69, 9.17) is 14.0 Å². The maximum Gasteiger partial charge on any atom is 0.440 e. The van der Waals surface area contributed by atoms with Crippen molar-refractivity contribution in [2.75, 3.05) is 12.4 Å². The Hall–Kier alpha value is -1.55. The van der Waals surface area contributed by atoms with Crippen molar-refractivity contribution in [2.24, 2.45) is 0 Å². The SMILES string of the molecule is CCCCCOP(=O)(Oc1cc(CCC)c2nc3cc(CCC)ccc3cc2c1)SCCC. The Morgan fingerprint density at radius 1 is 0.879 bits per heavy atom. The third kappa shape index (κ3) is 7.21. The molecule has 0 amide bonds. The highest BCUT2D eigenvalue weighted by Gasteiger charge is 2.27. The summed E-state index contributed by atoms with van der Waals surface area (Å²) in [6.45, 7) is 5.77. The lowest BCUT2D eigenvalue weighted by molar-refractivity contribution is 0.273. The molecule has 0 N–H and O–H groups in total. The molecule has 0 radical (unpaired) electrons. The van der Waals surface area contributed by atoms with Crippen molar-refractivity contribution < 1.29 is 13.6 Å². The van der Waals surface area contributed by atoms with Crippen molar-refractivity contribution in [3.8, 4) is 5.75 Å². The van der Waals surface area contributed by atoms with Gasteiger partial charge in [0.15, 0.2) is 0 Å². The molecule has 2 aromatic carbocycles. The fourth-order valence-electron chi connectivity index (χ4n) is 3.94. The van der Waals surface area contributed by atoms with Gasteiger partial charge in [0.2, 0.25) is 0 Å². The lowest BCUT2D eigenvalue weighted by Gasteiger charge is -2.19. The summed E-state index contributed by atoms with van der Waals surface area (Å²) in [7, 11) is 0. The number of benzene rings is 2. The highest BCUT2D eigenvalue weighted by molar-refractivity contribution is 8.55. The molecule has 0 saturated carbocycles. The normalized spacial score (nSPS) is 13.5. The Morgan fingerprint density at radius 3 is 2.42 bits per heavy atom. The summed E-state index contributed by atoms with van der Waals surface area (Å²) in [5.74, 6) is 1.35. The minimum absolute atomic E-state index is 0.462. The molecular formula is C27H38NO3PS. The van der Waals surface area contributed by atoms with E-state index in [2.05, 4.69) is 52.0 Å². The molecule has 3 rings (SSSR count). The van der Waals surface area contributed by atoms with E-state index in [1.165, 1.54) is 16.9 Å². The molecular weight excluding hydrogens is 449 g/mol. The molecule has 3 aromatic rings.